The van der Waals surface area contributed by atoms with Crippen LogP contribution >= 0.6 is 7.82 Å². The summed E-state index contributed by atoms with van der Waals surface area (Å²) in [7, 11) is -4.79. The molecule has 0 radical (unpaired) electrons. The largest absolute Gasteiger partial charge is 0.469 e. The molecule has 0 rings (SSSR count). The Morgan fingerprint density at radius 3 is 1.71 bits per heavy atom. The van der Waals surface area contributed by atoms with E-state index in [1.165, 1.54) is 122 Å². The number of hydrogen-bond acceptors (Lipinski definition) is 7. The van der Waals surface area contributed by atoms with Crippen molar-refractivity contribution in [2.45, 2.75) is 226 Å². The Morgan fingerprint density at radius 2 is 1.14 bits per heavy atom. The quantitative estimate of drug-likeness (QED) is 0.0180. The van der Waals surface area contributed by atoms with E-state index in [0.29, 0.717) is 25.7 Å². The maximum Gasteiger partial charge on any atom is 0.469 e. The zero-order chi connectivity index (χ0) is 42.8. The summed E-state index contributed by atoms with van der Waals surface area (Å²) in [5.41, 5.74) is 0. The summed E-state index contributed by atoms with van der Waals surface area (Å²) in [6.07, 6.45) is 47.2. The lowest BCUT2D eigenvalue weighted by atomic mass is 9.99. The second-order valence-corrected chi connectivity index (χ2v) is 17.4. The third-order valence-electron chi connectivity index (χ3n) is 10.5. The van der Waals surface area contributed by atoms with E-state index in [4.69, 9.17) is 19.3 Å². The van der Waals surface area contributed by atoms with Crippen LogP contribution in [0.3, 0.4) is 0 Å². The van der Waals surface area contributed by atoms with Crippen molar-refractivity contribution in [1.82, 2.24) is 0 Å². The molecule has 0 heterocycles. The molecule has 0 saturated heterocycles. The molecule has 0 aromatic carbocycles. The highest BCUT2D eigenvalue weighted by molar-refractivity contribution is 7.46. The average molecular weight is 839 g/mol. The Morgan fingerprint density at radius 1 is 0.603 bits per heavy atom. The number of phosphoric ester groups is 1. The first-order chi connectivity index (χ1) is 28.1. The molecule has 58 heavy (non-hydrogen) atoms. The van der Waals surface area contributed by atoms with Crippen molar-refractivity contribution in [3.63, 3.8) is 0 Å². The van der Waals surface area contributed by atoms with Crippen molar-refractivity contribution in [2.75, 3.05) is 13.2 Å². The maximum atomic E-state index is 12.4. The molecule has 0 saturated carbocycles. The minimum Gasteiger partial charge on any atom is -0.462 e. The fourth-order valence-electron chi connectivity index (χ4n) is 6.54. The van der Waals surface area contributed by atoms with Gasteiger partial charge in [-0.3, -0.25) is 14.1 Å². The molecule has 0 bridgehead atoms. The van der Waals surface area contributed by atoms with Gasteiger partial charge in [0.1, 0.15) is 6.61 Å². The molecule has 0 aliphatic rings. The Bertz CT molecular complexity index is 1110. The van der Waals surface area contributed by atoms with Crippen LogP contribution in [0.4, 0.5) is 0 Å². The zero-order valence-corrected chi connectivity index (χ0v) is 38.1. The monoisotopic (exact) mass is 839 g/mol. The van der Waals surface area contributed by atoms with E-state index >= 15 is 0 Å². The van der Waals surface area contributed by atoms with Crippen molar-refractivity contribution >= 4 is 19.8 Å². The van der Waals surface area contributed by atoms with Crippen LogP contribution in [0, 0.1) is 5.92 Å². The van der Waals surface area contributed by atoms with E-state index in [1.54, 1.807) is 12.2 Å². The number of carbonyl (C=O) groups is 2. The summed E-state index contributed by atoms with van der Waals surface area (Å²) in [6, 6.07) is 0. The lowest BCUT2D eigenvalue weighted by molar-refractivity contribution is -0.161. The number of aliphatic hydroxyl groups is 1. The predicted octanol–water partition coefficient (Wildman–Crippen LogP) is 13.5. The highest BCUT2D eigenvalue weighted by atomic mass is 31.2. The van der Waals surface area contributed by atoms with Gasteiger partial charge in [0.05, 0.1) is 12.7 Å². The van der Waals surface area contributed by atoms with E-state index in [1.807, 2.05) is 18.2 Å². The third-order valence-corrected chi connectivity index (χ3v) is 11.0. The number of carbonyl (C=O) groups excluding carboxylic acids is 2. The number of rotatable bonds is 42. The summed E-state index contributed by atoms with van der Waals surface area (Å²) < 4.78 is 26.4. The first kappa shape index (κ1) is 56.0. The molecule has 10 heteroatoms. The lowest BCUT2D eigenvalue weighted by Crippen LogP contribution is -2.29. The fraction of sp³-hybridized carbons (Fsp3) is 0.792. The van der Waals surface area contributed by atoms with Crippen LogP contribution in [0.1, 0.15) is 213 Å². The molecule has 0 spiro atoms. The fourth-order valence-corrected chi connectivity index (χ4v) is 6.90. The zero-order valence-electron chi connectivity index (χ0n) is 37.2. The number of ether oxygens (including phenoxy) is 2. The second kappa shape index (κ2) is 41.7. The minimum atomic E-state index is -4.79. The number of unbranched alkanes of at least 4 members (excludes halogenated alkanes) is 21. The van der Waals surface area contributed by atoms with Gasteiger partial charge in [-0.25, -0.2) is 4.57 Å². The molecule has 0 aromatic rings. The second-order valence-electron chi connectivity index (χ2n) is 16.2. The summed E-state index contributed by atoms with van der Waals surface area (Å²) in [5.74, 6) is -0.114. The molecule has 0 fully saturated rings. The third kappa shape index (κ3) is 43.5. The van der Waals surface area contributed by atoms with Gasteiger partial charge in [-0.1, -0.05) is 204 Å². The maximum absolute atomic E-state index is 12.4. The standard InChI is InChI=1S/C48H87O9P/c1-4-6-7-8-9-20-24-28-33-38-45(49)39-34-29-26-31-36-41-48(51)57-46(43-56-58(52,53)54)42-55-47(50)40-35-30-25-22-19-17-15-13-11-10-12-14-16-18-21-23-27-32-37-44(3)5-2/h9,20,26,28-29,33-34,39,44-46,49H,4-8,10-19,21-25,27,30-32,35-38,40-43H2,1-3H3,(H2,52,53,54)/b20-9-,29-26+,33-28-,39-34-/t44?,45?,46-/m1/s1. The topological polar surface area (TPSA) is 140 Å². The van der Waals surface area contributed by atoms with Crippen LogP contribution in [0.25, 0.3) is 0 Å². The molecule has 3 atom stereocenters. The summed E-state index contributed by atoms with van der Waals surface area (Å²) in [5, 5.41) is 10.1. The van der Waals surface area contributed by atoms with Crippen molar-refractivity contribution in [3.05, 3.63) is 48.6 Å². The number of esters is 2. The molecule has 0 aliphatic carbocycles. The highest BCUT2D eigenvalue weighted by Gasteiger charge is 2.22. The number of allylic oxidation sites excluding steroid dienone is 6. The van der Waals surface area contributed by atoms with Crippen LogP contribution in [-0.4, -0.2) is 52.3 Å². The van der Waals surface area contributed by atoms with Gasteiger partial charge in [-0.15, -0.1) is 0 Å². The summed E-state index contributed by atoms with van der Waals surface area (Å²) >= 11 is 0. The minimum absolute atomic E-state index is 0.0773. The van der Waals surface area contributed by atoms with Crippen LogP contribution in [0.5, 0.6) is 0 Å². The molecule has 0 amide bonds. The SMILES string of the molecule is CCCCC/C=C\C/C=C\CC(O)/C=C\C=C\CCCC(=O)O[C@H](COC(=O)CCCCCCCCCCCCCCCCCCCCC(C)CC)COP(=O)(O)O. The van der Waals surface area contributed by atoms with Gasteiger partial charge in [-0.05, 0) is 50.9 Å². The lowest BCUT2D eigenvalue weighted by Gasteiger charge is -2.18. The van der Waals surface area contributed by atoms with Crippen molar-refractivity contribution in [1.29, 1.82) is 0 Å². The van der Waals surface area contributed by atoms with Crippen LogP contribution < -0.4 is 0 Å². The van der Waals surface area contributed by atoms with Gasteiger partial charge < -0.3 is 24.4 Å². The van der Waals surface area contributed by atoms with E-state index < -0.39 is 38.6 Å². The smallest absolute Gasteiger partial charge is 0.462 e. The van der Waals surface area contributed by atoms with Gasteiger partial charge in [-0.2, -0.15) is 0 Å². The van der Waals surface area contributed by atoms with Gasteiger partial charge in [0.2, 0.25) is 0 Å². The number of phosphoric acid groups is 1. The first-order valence-corrected chi connectivity index (χ1v) is 25.0. The van der Waals surface area contributed by atoms with Gasteiger partial charge >= 0.3 is 19.8 Å². The Kier molecular flexibility index (Phi) is 40.2. The Hall–Kier alpha value is -2.03. The normalized spacial score (nSPS) is 14.0. The number of hydrogen-bond donors (Lipinski definition) is 3. The first-order valence-electron chi connectivity index (χ1n) is 23.4. The van der Waals surface area contributed by atoms with Crippen LogP contribution in [0.15, 0.2) is 48.6 Å². The van der Waals surface area contributed by atoms with Gasteiger partial charge in [0, 0.05) is 12.8 Å². The molecular formula is C48H87O9P. The van der Waals surface area contributed by atoms with Crippen molar-refractivity contribution in [2.24, 2.45) is 5.92 Å². The van der Waals surface area contributed by atoms with Crippen molar-refractivity contribution < 1.29 is 43.0 Å². The average Bonchev–Trinajstić information content (AvgIpc) is 3.19. The molecule has 0 aliphatic heterocycles. The molecular weight excluding hydrogens is 751 g/mol. The van der Waals surface area contributed by atoms with E-state index in [9.17, 15) is 19.3 Å². The Balaban J connectivity index is 3.98. The van der Waals surface area contributed by atoms with E-state index in [0.717, 1.165) is 38.0 Å². The molecule has 338 valence electrons. The molecule has 3 N–H and O–H groups in total. The summed E-state index contributed by atoms with van der Waals surface area (Å²) in [4.78, 5) is 42.9. The molecule has 2 unspecified atom stereocenters. The Labute approximate surface area is 355 Å². The van der Waals surface area contributed by atoms with Gasteiger partial charge in [0.25, 0.3) is 0 Å². The molecule has 0 aromatic heterocycles. The molecule has 9 nitrogen and oxygen atoms in total. The van der Waals surface area contributed by atoms with Crippen molar-refractivity contribution in [3.8, 4) is 0 Å². The number of aliphatic hydroxyl groups excluding tert-OH is 1. The van der Waals surface area contributed by atoms with E-state index in [-0.39, 0.29) is 19.4 Å². The van der Waals surface area contributed by atoms with Gasteiger partial charge in [0.15, 0.2) is 6.10 Å². The van der Waals surface area contributed by atoms with E-state index in [2.05, 4.69) is 43.5 Å². The summed E-state index contributed by atoms with van der Waals surface area (Å²) in [6.45, 7) is 5.94. The van der Waals surface area contributed by atoms with Crippen LogP contribution in [0.2, 0.25) is 0 Å². The highest BCUT2D eigenvalue weighted by Crippen LogP contribution is 2.36. The predicted molar refractivity (Wildman–Crippen MR) is 240 cm³/mol. The van der Waals surface area contributed by atoms with Crippen LogP contribution in [-0.2, 0) is 28.2 Å².